The van der Waals surface area contributed by atoms with Gasteiger partial charge < -0.3 is 5.73 Å². The number of benzene rings is 1. The molecule has 0 spiro atoms. The van der Waals surface area contributed by atoms with E-state index in [1.807, 2.05) is 24.3 Å². The third kappa shape index (κ3) is 4.07. The standard InChI is InChI=1S/C14H17N3O2S/c1-12(10-16)20(18,19)17(2)11-14-6-3-5-13(9-14)7-4-8-15/h3,5-6,9,12H,8,11,15H2,1-2H3. The van der Waals surface area contributed by atoms with E-state index in [0.29, 0.717) is 0 Å². The molecule has 1 aromatic rings. The summed E-state index contributed by atoms with van der Waals surface area (Å²) in [5.41, 5.74) is 6.90. The summed E-state index contributed by atoms with van der Waals surface area (Å²) < 4.78 is 25.1. The fraction of sp³-hybridized carbons (Fsp3) is 0.357. The molecule has 5 nitrogen and oxygen atoms in total. The van der Waals surface area contributed by atoms with Gasteiger partial charge in [-0.15, -0.1) is 0 Å². The molecule has 1 aromatic carbocycles. The quantitative estimate of drug-likeness (QED) is 0.826. The Bertz CT molecular complexity index is 666. The molecule has 1 atom stereocenters. The van der Waals surface area contributed by atoms with E-state index < -0.39 is 15.3 Å². The number of nitrogens with two attached hydrogens (primary N) is 1. The molecule has 0 saturated carbocycles. The van der Waals surface area contributed by atoms with Crippen molar-refractivity contribution < 1.29 is 8.42 Å². The van der Waals surface area contributed by atoms with Crippen LogP contribution in [0.5, 0.6) is 0 Å². The van der Waals surface area contributed by atoms with Gasteiger partial charge in [-0.2, -0.15) is 9.57 Å². The van der Waals surface area contributed by atoms with Gasteiger partial charge in [0.25, 0.3) is 0 Å². The van der Waals surface area contributed by atoms with E-state index in [0.717, 1.165) is 11.1 Å². The Hall–Kier alpha value is -1.86. The van der Waals surface area contributed by atoms with Gasteiger partial charge in [-0.05, 0) is 24.6 Å². The molecular formula is C14H17N3O2S. The monoisotopic (exact) mass is 291 g/mol. The molecule has 20 heavy (non-hydrogen) atoms. The van der Waals surface area contributed by atoms with E-state index in [-0.39, 0.29) is 13.1 Å². The Morgan fingerprint density at radius 1 is 1.45 bits per heavy atom. The zero-order valence-corrected chi connectivity index (χ0v) is 12.3. The number of nitrogens with zero attached hydrogens (tertiary/aromatic N) is 2. The predicted octanol–water partition coefficient (Wildman–Crippen LogP) is 0.670. The van der Waals surface area contributed by atoms with Gasteiger partial charge in [0.15, 0.2) is 5.25 Å². The van der Waals surface area contributed by atoms with Crippen molar-refractivity contribution in [2.24, 2.45) is 5.73 Å². The van der Waals surface area contributed by atoms with Crippen molar-refractivity contribution in [3.8, 4) is 17.9 Å². The highest BCUT2D eigenvalue weighted by Gasteiger charge is 2.25. The van der Waals surface area contributed by atoms with Gasteiger partial charge in [-0.3, -0.25) is 0 Å². The van der Waals surface area contributed by atoms with Gasteiger partial charge in [0.2, 0.25) is 10.0 Å². The van der Waals surface area contributed by atoms with Gasteiger partial charge in [-0.25, -0.2) is 8.42 Å². The molecular weight excluding hydrogens is 274 g/mol. The lowest BCUT2D eigenvalue weighted by Crippen LogP contribution is -2.33. The average Bonchev–Trinajstić information content (AvgIpc) is 2.44. The maximum atomic E-state index is 12.0. The van der Waals surface area contributed by atoms with E-state index >= 15 is 0 Å². The van der Waals surface area contributed by atoms with Crippen molar-refractivity contribution in [1.82, 2.24) is 4.31 Å². The average molecular weight is 291 g/mol. The van der Waals surface area contributed by atoms with Crippen molar-refractivity contribution in [2.45, 2.75) is 18.7 Å². The van der Waals surface area contributed by atoms with E-state index in [1.165, 1.54) is 18.3 Å². The molecule has 1 unspecified atom stereocenters. The van der Waals surface area contributed by atoms with Crippen LogP contribution in [-0.2, 0) is 16.6 Å². The van der Waals surface area contributed by atoms with Crippen molar-refractivity contribution >= 4 is 10.0 Å². The fourth-order valence-electron chi connectivity index (χ4n) is 1.58. The maximum Gasteiger partial charge on any atom is 0.230 e. The molecule has 0 bridgehead atoms. The van der Waals surface area contributed by atoms with Crippen LogP contribution in [0.2, 0.25) is 0 Å². The van der Waals surface area contributed by atoms with Crippen molar-refractivity contribution in [3.05, 3.63) is 35.4 Å². The van der Waals surface area contributed by atoms with Crippen molar-refractivity contribution in [1.29, 1.82) is 5.26 Å². The van der Waals surface area contributed by atoms with Crippen LogP contribution in [0.4, 0.5) is 0 Å². The minimum atomic E-state index is -3.60. The maximum absolute atomic E-state index is 12.0. The van der Waals surface area contributed by atoms with Gasteiger partial charge >= 0.3 is 0 Å². The topological polar surface area (TPSA) is 87.2 Å². The molecule has 106 valence electrons. The molecule has 1 rings (SSSR count). The summed E-state index contributed by atoms with van der Waals surface area (Å²) in [6.07, 6.45) is 0. The molecule has 0 amide bonds. The zero-order valence-electron chi connectivity index (χ0n) is 11.5. The van der Waals surface area contributed by atoms with Gasteiger partial charge in [-0.1, -0.05) is 24.0 Å². The second-order valence-corrected chi connectivity index (χ2v) is 6.64. The number of hydrogen-bond donors (Lipinski definition) is 1. The first-order chi connectivity index (χ1) is 9.41. The Kier molecular flexibility index (Phi) is 5.72. The van der Waals surface area contributed by atoms with Crippen LogP contribution in [0.1, 0.15) is 18.1 Å². The summed E-state index contributed by atoms with van der Waals surface area (Å²) in [5, 5.41) is 7.68. The van der Waals surface area contributed by atoms with E-state index in [9.17, 15) is 8.42 Å². The summed E-state index contributed by atoms with van der Waals surface area (Å²) in [6.45, 7) is 1.85. The van der Waals surface area contributed by atoms with Crippen molar-refractivity contribution in [2.75, 3.05) is 13.6 Å². The summed E-state index contributed by atoms with van der Waals surface area (Å²) >= 11 is 0. The molecule has 2 N–H and O–H groups in total. The molecule has 0 saturated heterocycles. The van der Waals surface area contributed by atoms with E-state index in [4.69, 9.17) is 11.0 Å². The van der Waals surface area contributed by atoms with Crippen molar-refractivity contribution in [3.63, 3.8) is 0 Å². The second kappa shape index (κ2) is 7.06. The van der Waals surface area contributed by atoms with Crippen LogP contribution < -0.4 is 5.73 Å². The van der Waals surface area contributed by atoms with Crippen LogP contribution >= 0.6 is 0 Å². The largest absolute Gasteiger partial charge is 0.320 e. The third-order valence-electron chi connectivity index (χ3n) is 2.73. The summed E-state index contributed by atoms with van der Waals surface area (Å²) in [7, 11) is -2.14. The highest BCUT2D eigenvalue weighted by atomic mass is 32.2. The summed E-state index contributed by atoms with van der Waals surface area (Å²) in [4.78, 5) is 0. The Morgan fingerprint density at radius 2 is 2.15 bits per heavy atom. The SMILES string of the molecule is CC(C#N)S(=O)(=O)N(C)Cc1cccc(C#CCN)c1. The number of rotatable bonds is 4. The van der Waals surface area contributed by atoms with Crippen LogP contribution in [0, 0.1) is 23.2 Å². The Labute approximate surface area is 120 Å². The fourth-order valence-corrected chi connectivity index (χ4v) is 2.59. The molecule has 0 heterocycles. The molecule has 0 aliphatic carbocycles. The minimum absolute atomic E-state index is 0.201. The van der Waals surface area contributed by atoms with Gasteiger partial charge in [0.1, 0.15) is 0 Å². The lowest BCUT2D eigenvalue weighted by molar-refractivity contribution is 0.463. The molecule has 0 radical (unpaired) electrons. The van der Waals surface area contributed by atoms with E-state index in [2.05, 4.69) is 11.8 Å². The smallest absolute Gasteiger partial charge is 0.230 e. The molecule has 6 heteroatoms. The molecule has 0 aromatic heterocycles. The predicted molar refractivity (Wildman–Crippen MR) is 77.8 cm³/mol. The Morgan fingerprint density at radius 3 is 2.75 bits per heavy atom. The zero-order chi connectivity index (χ0) is 15.2. The van der Waals surface area contributed by atoms with Crippen LogP contribution in [0.25, 0.3) is 0 Å². The number of hydrogen-bond acceptors (Lipinski definition) is 4. The first kappa shape index (κ1) is 16.2. The highest BCUT2D eigenvalue weighted by molar-refractivity contribution is 7.89. The lowest BCUT2D eigenvalue weighted by Gasteiger charge is -2.18. The van der Waals surface area contributed by atoms with Gasteiger partial charge in [0.05, 0.1) is 12.6 Å². The third-order valence-corrected chi connectivity index (χ3v) is 4.73. The highest BCUT2D eigenvalue weighted by Crippen LogP contribution is 2.12. The second-order valence-electron chi connectivity index (χ2n) is 4.28. The van der Waals surface area contributed by atoms with Crippen LogP contribution in [0.15, 0.2) is 24.3 Å². The Balaban J connectivity index is 2.92. The summed E-state index contributed by atoms with van der Waals surface area (Å²) in [6, 6.07) is 9.01. The number of sulfonamides is 1. The van der Waals surface area contributed by atoms with Crippen LogP contribution in [0.3, 0.4) is 0 Å². The van der Waals surface area contributed by atoms with Crippen LogP contribution in [-0.4, -0.2) is 31.6 Å². The van der Waals surface area contributed by atoms with E-state index in [1.54, 1.807) is 6.07 Å². The minimum Gasteiger partial charge on any atom is -0.320 e. The molecule has 0 fully saturated rings. The first-order valence-electron chi connectivity index (χ1n) is 6.04. The lowest BCUT2D eigenvalue weighted by atomic mass is 10.1. The molecule has 0 aliphatic rings. The first-order valence-corrected chi connectivity index (χ1v) is 7.54. The van der Waals surface area contributed by atoms with Gasteiger partial charge in [0, 0.05) is 19.2 Å². The normalized spacial score (nSPS) is 12.3. The number of nitriles is 1. The molecule has 0 aliphatic heterocycles. The summed E-state index contributed by atoms with van der Waals surface area (Å²) in [5.74, 6) is 5.64.